The van der Waals surface area contributed by atoms with Gasteiger partial charge in [-0.2, -0.15) is 10.2 Å². The average molecular weight is 422 g/mol. The molecule has 10 heteroatoms. The molecule has 6 heterocycles. The van der Waals surface area contributed by atoms with Gasteiger partial charge in [0, 0.05) is 23.5 Å². The number of aromatic nitrogens is 8. The van der Waals surface area contributed by atoms with Gasteiger partial charge in [0.15, 0.2) is 23.0 Å². The highest BCUT2D eigenvalue weighted by molar-refractivity contribution is 5.95. The van der Waals surface area contributed by atoms with Gasteiger partial charge in [-0.15, -0.1) is 0 Å². The minimum Gasteiger partial charge on any atom is -0.454 e. The number of rotatable bonds is 3. The largest absolute Gasteiger partial charge is 0.454 e. The van der Waals surface area contributed by atoms with Crippen molar-refractivity contribution in [2.45, 2.75) is 0 Å². The molecule has 3 N–H and O–H groups in total. The smallest absolute Gasteiger partial charge is 0.231 e. The Balaban J connectivity index is 1.38. The van der Waals surface area contributed by atoms with Crippen LogP contribution in [0.3, 0.4) is 0 Å². The molecular weight excluding hydrogens is 408 g/mol. The molecule has 0 atom stereocenters. The predicted octanol–water partition coefficient (Wildman–Crippen LogP) is 3.68. The summed E-state index contributed by atoms with van der Waals surface area (Å²) in [6, 6.07) is 11.5. The Bertz CT molecular complexity index is 1620. The first-order chi connectivity index (χ1) is 15.8. The van der Waals surface area contributed by atoms with Crippen LogP contribution in [0.25, 0.3) is 56.1 Å². The summed E-state index contributed by atoms with van der Waals surface area (Å²) in [4.78, 5) is 17.6. The van der Waals surface area contributed by atoms with E-state index in [9.17, 15) is 0 Å². The quantitative estimate of drug-likeness (QED) is 0.396. The maximum Gasteiger partial charge on any atom is 0.231 e. The second kappa shape index (κ2) is 6.38. The van der Waals surface area contributed by atoms with Crippen LogP contribution >= 0.6 is 0 Å². The van der Waals surface area contributed by atoms with Gasteiger partial charge in [0.2, 0.25) is 6.79 Å². The van der Waals surface area contributed by atoms with E-state index in [-0.39, 0.29) is 6.79 Å². The number of ether oxygens (including phenoxy) is 2. The maximum atomic E-state index is 5.52. The molecule has 5 aromatic heterocycles. The number of imidazole rings is 1. The van der Waals surface area contributed by atoms with Crippen LogP contribution in [0.1, 0.15) is 0 Å². The standard InChI is InChI=1S/C22H14N8O2/c1-4-16-17(32-10-31-16)7-11(1)18-19-14(5-6-23-18)27-22(28-19)21-20-15(29-30-21)3-2-13(26-20)12-8-24-25-9-12/h1-9H,10H2,(H,24,25)(H,27,28)(H,29,30). The number of fused-ring (bicyclic) bond motifs is 3. The highest BCUT2D eigenvalue weighted by atomic mass is 16.7. The SMILES string of the molecule is c1cc2[nH]c(-c3n[nH]c4ccc(-c5cn[nH]c5)nc34)nc2c(-c2ccc3c(c2)OCO3)n1. The number of hydrogen-bond acceptors (Lipinski definition) is 7. The van der Waals surface area contributed by atoms with Crippen molar-refractivity contribution in [2.75, 3.05) is 6.79 Å². The van der Waals surface area contributed by atoms with Gasteiger partial charge in [0.25, 0.3) is 0 Å². The lowest BCUT2D eigenvalue weighted by molar-refractivity contribution is 0.174. The molecule has 0 fully saturated rings. The Morgan fingerprint density at radius 1 is 0.844 bits per heavy atom. The molecule has 0 radical (unpaired) electrons. The molecule has 0 bridgehead atoms. The lowest BCUT2D eigenvalue weighted by Crippen LogP contribution is -1.92. The highest BCUT2D eigenvalue weighted by Crippen LogP contribution is 2.37. The fourth-order valence-corrected chi connectivity index (χ4v) is 3.92. The highest BCUT2D eigenvalue weighted by Gasteiger charge is 2.19. The zero-order valence-electron chi connectivity index (χ0n) is 16.5. The normalized spacial score (nSPS) is 12.8. The van der Waals surface area contributed by atoms with Gasteiger partial charge >= 0.3 is 0 Å². The van der Waals surface area contributed by atoms with Gasteiger partial charge in [0.05, 0.1) is 28.6 Å². The predicted molar refractivity (Wildman–Crippen MR) is 116 cm³/mol. The molecular formula is C22H14N8O2. The maximum absolute atomic E-state index is 5.52. The van der Waals surface area contributed by atoms with Crippen LogP contribution in [-0.2, 0) is 0 Å². The Kier molecular flexibility index (Phi) is 3.39. The third-order valence-electron chi connectivity index (χ3n) is 5.47. The average Bonchev–Trinajstić information content (AvgIpc) is 3.62. The Morgan fingerprint density at radius 3 is 2.72 bits per heavy atom. The van der Waals surface area contributed by atoms with Crippen molar-refractivity contribution in [1.82, 2.24) is 40.3 Å². The summed E-state index contributed by atoms with van der Waals surface area (Å²) in [7, 11) is 0. The van der Waals surface area contributed by atoms with Crippen molar-refractivity contribution in [3.05, 3.63) is 55.0 Å². The molecule has 0 unspecified atom stereocenters. The van der Waals surface area contributed by atoms with Gasteiger partial charge < -0.3 is 14.5 Å². The van der Waals surface area contributed by atoms with E-state index in [1.807, 2.05) is 36.4 Å². The van der Waals surface area contributed by atoms with E-state index in [2.05, 4.69) is 30.4 Å². The first kappa shape index (κ1) is 17.0. The van der Waals surface area contributed by atoms with Gasteiger partial charge in [-0.3, -0.25) is 15.2 Å². The van der Waals surface area contributed by atoms with E-state index in [1.165, 1.54) is 0 Å². The monoisotopic (exact) mass is 422 g/mol. The topological polar surface area (TPSA) is 130 Å². The Morgan fingerprint density at radius 2 is 1.78 bits per heavy atom. The van der Waals surface area contributed by atoms with Gasteiger partial charge in [-0.05, 0) is 36.4 Å². The minimum atomic E-state index is 0.225. The number of benzene rings is 1. The van der Waals surface area contributed by atoms with Crippen molar-refractivity contribution in [3.63, 3.8) is 0 Å². The van der Waals surface area contributed by atoms with Crippen molar-refractivity contribution in [1.29, 1.82) is 0 Å². The number of nitrogens with zero attached hydrogens (tertiary/aromatic N) is 5. The van der Waals surface area contributed by atoms with E-state index < -0.39 is 0 Å². The van der Waals surface area contributed by atoms with Crippen LogP contribution < -0.4 is 9.47 Å². The molecule has 0 aliphatic carbocycles. The third-order valence-corrected chi connectivity index (χ3v) is 5.47. The molecule has 0 saturated carbocycles. The minimum absolute atomic E-state index is 0.225. The lowest BCUT2D eigenvalue weighted by Gasteiger charge is -2.03. The van der Waals surface area contributed by atoms with Crippen LogP contribution in [0.15, 0.2) is 55.0 Å². The van der Waals surface area contributed by atoms with Crippen molar-refractivity contribution in [2.24, 2.45) is 0 Å². The van der Waals surface area contributed by atoms with Crippen LogP contribution in [0.4, 0.5) is 0 Å². The molecule has 1 aromatic carbocycles. The summed E-state index contributed by atoms with van der Waals surface area (Å²) in [5.41, 5.74) is 7.11. The fraction of sp³-hybridized carbons (Fsp3) is 0.0455. The zero-order valence-corrected chi connectivity index (χ0v) is 16.5. The van der Waals surface area contributed by atoms with Crippen molar-refractivity contribution < 1.29 is 9.47 Å². The summed E-state index contributed by atoms with van der Waals surface area (Å²) in [6.07, 6.45) is 5.29. The fourth-order valence-electron chi connectivity index (χ4n) is 3.92. The second-order valence-corrected chi connectivity index (χ2v) is 7.36. The second-order valence-electron chi connectivity index (χ2n) is 7.36. The Labute approximate surface area is 179 Å². The van der Waals surface area contributed by atoms with Crippen LogP contribution in [-0.4, -0.2) is 47.1 Å². The van der Waals surface area contributed by atoms with Crippen LogP contribution in [0.2, 0.25) is 0 Å². The molecule has 154 valence electrons. The summed E-state index contributed by atoms with van der Waals surface area (Å²) in [5, 5.41) is 14.3. The number of aromatic amines is 3. The first-order valence-corrected chi connectivity index (χ1v) is 9.93. The van der Waals surface area contributed by atoms with Crippen molar-refractivity contribution >= 4 is 22.1 Å². The number of pyridine rings is 2. The first-order valence-electron chi connectivity index (χ1n) is 9.93. The third kappa shape index (κ3) is 2.49. The van der Waals surface area contributed by atoms with Gasteiger partial charge in [-0.1, -0.05) is 0 Å². The molecule has 0 saturated heterocycles. The van der Waals surface area contributed by atoms with Crippen LogP contribution in [0, 0.1) is 0 Å². The number of H-pyrrole nitrogens is 3. The molecule has 7 rings (SSSR count). The summed E-state index contributed by atoms with van der Waals surface area (Å²) < 4.78 is 10.9. The van der Waals surface area contributed by atoms with Crippen molar-refractivity contribution in [3.8, 4) is 45.5 Å². The summed E-state index contributed by atoms with van der Waals surface area (Å²) in [5.74, 6) is 2.04. The van der Waals surface area contributed by atoms with Crippen LogP contribution in [0.5, 0.6) is 11.5 Å². The number of hydrogen-bond donors (Lipinski definition) is 3. The molecule has 6 aromatic rings. The van der Waals surface area contributed by atoms with E-state index in [0.717, 1.165) is 50.3 Å². The summed E-state index contributed by atoms with van der Waals surface area (Å²) in [6.45, 7) is 0.225. The molecule has 10 nitrogen and oxygen atoms in total. The van der Waals surface area contributed by atoms with E-state index in [1.54, 1.807) is 18.6 Å². The molecule has 32 heavy (non-hydrogen) atoms. The van der Waals surface area contributed by atoms with E-state index in [4.69, 9.17) is 19.4 Å². The molecule has 1 aliphatic heterocycles. The molecule has 1 aliphatic rings. The zero-order chi connectivity index (χ0) is 21.1. The van der Waals surface area contributed by atoms with Gasteiger partial charge in [-0.25, -0.2) is 9.97 Å². The molecule has 0 amide bonds. The summed E-state index contributed by atoms with van der Waals surface area (Å²) >= 11 is 0. The van der Waals surface area contributed by atoms with E-state index >= 15 is 0 Å². The number of nitrogens with one attached hydrogen (secondary N) is 3. The Hall–Kier alpha value is -4.73. The van der Waals surface area contributed by atoms with E-state index in [0.29, 0.717) is 17.3 Å². The van der Waals surface area contributed by atoms with Gasteiger partial charge in [0.1, 0.15) is 11.0 Å². The lowest BCUT2D eigenvalue weighted by atomic mass is 10.1. The molecule has 0 spiro atoms.